The van der Waals surface area contributed by atoms with Crippen LogP contribution in [-0.2, 0) is 5.75 Å². The van der Waals surface area contributed by atoms with E-state index in [2.05, 4.69) is 128 Å². The Kier molecular flexibility index (Phi) is 8.38. The molecule has 5 rings (SSSR count). The van der Waals surface area contributed by atoms with Crippen LogP contribution in [0.25, 0.3) is 0 Å². The van der Waals surface area contributed by atoms with E-state index < -0.39 is 12.3 Å². The number of halogens is 1. The van der Waals surface area contributed by atoms with Crippen molar-refractivity contribution in [1.82, 2.24) is 0 Å². The highest BCUT2D eigenvalue weighted by molar-refractivity contribution is 8.02. The first kappa shape index (κ1) is 25.6. The normalized spacial score (nSPS) is 17.0. The first-order valence-electron chi connectivity index (χ1n) is 11.5. The van der Waals surface area contributed by atoms with Crippen molar-refractivity contribution in [3.63, 3.8) is 0 Å². The molecule has 1 unspecified atom stereocenters. The van der Waals surface area contributed by atoms with Crippen molar-refractivity contribution < 1.29 is 17.0 Å². The Bertz CT molecular complexity index is 1180. The molecule has 35 heavy (non-hydrogen) atoms. The van der Waals surface area contributed by atoms with Crippen LogP contribution in [0.3, 0.4) is 0 Å². The van der Waals surface area contributed by atoms with Gasteiger partial charge in [-0.25, -0.2) is 9.98 Å². The summed E-state index contributed by atoms with van der Waals surface area (Å²) in [4.78, 5) is 9.71. The van der Waals surface area contributed by atoms with Crippen LogP contribution >= 0.6 is 19.0 Å². The minimum Gasteiger partial charge on any atom is -1.00 e. The third kappa shape index (κ3) is 5.51. The molecule has 4 aromatic rings. The Balaban J connectivity index is 0.00000289. The van der Waals surface area contributed by atoms with Crippen molar-refractivity contribution >= 4 is 46.9 Å². The molecule has 4 aromatic carbocycles. The lowest BCUT2D eigenvalue weighted by molar-refractivity contribution is -0.00000679. The molecule has 0 saturated heterocycles. The lowest BCUT2D eigenvalue weighted by Gasteiger charge is -2.33. The maximum atomic E-state index is 5.18. The molecular weight excluding hydrogens is 531 g/mol. The molecule has 0 aromatic heterocycles. The molecule has 176 valence electrons. The van der Waals surface area contributed by atoms with Gasteiger partial charge in [0.1, 0.15) is 29.3 Å². The number of nitrogens with zero attached hydrogens (tertiary/aromatic N) is 2. The Morgan fingerprint density at radius 2 is 1.09 bits per heavy atom. The summed E-state index contributed by atoms with van der Waals surface area (Å²) in [6.45, 7) is 2.06. The first-order valence-corrected chi connectivity index (χ1v) is 14.5. The second-order valence-electron chi connectivity index (χ2n) is 8.50. The van der Waals surface area contributed by atoms with Gasteiger partial charge in [0.25, 0.3) is 0 Å². The van der Waals surface area contributed by atoms with Gasteiger partial charge in [0.15, 0.2) is 0 Å². The highest BCUT2D eigenvalue weighted by Gasteiger charge is 2.53. The van der Waals surface area contributed by atoms with Crippen LogP contribution in [-0.4, -0.2) is 23.1 Å². The highest BCUT2D eigenvalue weighted by Crippen LogP contribution is 2.60. The number of hydrogen-bond acceptors (Lipinski definition) is 3. The van der Waals surface area contributed by atoms with E-state index in [9.17, 15) is 0 Å². The molecule has 0 aliphatic carbocycles. The molecule has 5 heteroatoms. The van der Waals surface area contributed by atoms with Gasteiger partial charge in [-0.15, -0.1) is 0 Å². The molecule has 0 amide bonds. The van der Waals surface area contributed by atoms with E-state index in [1.165, 1.54) is 21.5 Å². The molecule has 2 nitrogen and oxygen atoms in total. The van der Waals surface area contributed by atoms with E-state index in [1.807, 2.05) is 18.0 Å². The van der Waals surface area contributed by atoms with E-state index in [0.717, 1.165) is 17.6 Å². The average Bonchev–Trinajstić information content (AvgIpc) is 3.28. The van der Waals surface area contributed by atoms with Crippen molar-refractivity contribution in [2.24, 2.45) is 9.98 Å². The Hall–Kier alpha value is -2.52. The van der Waals surface area contributed by atoms with Gasteiger partial charge < -0.3 is 17.0 Å². The molecule has 0 N–H and O–H groups in total. The summed E-state index contributed by atoms with van der Waals surface area (Å²) < 4.78 is 0. The molecule has 0 saturated carbocycles. The number of thioether (sulfide) groups is 1. The number of hydrogen-bond donors (Lipinski definition) is 0. The number of rotatable bonds is 8. The minimum absolute atomic E-state index is 0. The summed E-state index contributed by atoms with van der Waals surface area (Å²) in [5.41, 5.74) is 2.29. The monoisotopic (exact) mass is 558 g/mol. The van der Waals surface area contributed by atoms with E-state index >= 15 is 0 Å². The second kappa shape index (κ2) is 11.5. The van der Waals surface area contributed by atoms with Crippen molar-refractivity contribution in [2.75, 3.05) is 6.16 Å². The van der Waals surface area contributed by atoms with Crippen LogP contribution < -0.4 is 32.9 Å². The third-order valence-electron chi connectivity index (χ3n) is 6.15. The van der Waals surface area contributed by atoms with Crippen molar-refractivity contribution in [3.8, 4) is 0 Å². The Labute approximate surface area is 223 Å². The van der Waals surface area contributed by atoms with Crippen molar-refractivity contribution in [1.29, 1.82) is 0 Å². The van der Waals surface area contributed by atoms with Gasteiger partial charge in [-0.1, -0.05) is 96.7 Å². The van der Waals surface area contributed by atoms with Crippen LogP contribution in [0.15, 0.2) is 131 Å². The third-order valence-corrected chi connectivity index (χ3v) is 12.1. The van der Waals surface area contributed by atoms with Crippen LogP contribution in [0.2, 0.25) is 0 Å². The summed E-state index contributed by atoms with van der Waals surface area (Å²) in [6.07, 6.45) is 2.79. The van der Waals surface area contributed by atoms with E-state index in [-0.39, 0.29) is 17.0 Å². The molecule has 1 aliphatic rings. The van der Waals surface area contributed by atoms with Gasteiger partial charge >= 0.3 is 0 Å². The zero-order chi connectivity index (χ0) is 23.3. The first-order chi connectivity index (χ1) is 16.7. The Morgan fingerprint density at radius 3 is 1.49 bits per heavy atom. The zero-order valence-corrected chi connectivity index (χ0v) is 23.0. The lowest BCUT2D eigenvalue weighted by Crippen LogP contribution is -3.00. The quantitative estimate of drug-likeness (QED) is 0.305. The molecule has 1 atom stereocenters. The largest absolute Gasteiger partial charge is 1.00 e. The molecule has 1 heterocycles. The van der Waals surface area contributed by atoms with Crippen LogP contribution in [0.4, 0.5) is 0 Å². The minimum atomic E-state index is -2.06. The fourth-order valence-corrected chi connectivity index (χ4v) is 10.7. The van der Waals surface area contributed by atoms with Crippen LogP contribution in [0, 0.1) is 0 Å². The zero-order valence-electron chi connectivity index (χ0n) is 19.7. The summed E-state index contributed by atoms with van der Waals surface area (Å²) in [5.74, 6) is 0.868. The molecule has 1 aliphatic heterocycles. The van der Waals surface area contributed by atoms with Gasteiger partial charge in [-0.3, -0.25) is 0 Å². The fourth-order valence-electron chi connectivity index (χ4n) is 4.57. The standard InChI is InChI=1S/C30H28N2PS.BrH/c1-25-22-31-30(32-25,34-23-26-14-6-2-7-15-26)24-33(27-16-8-3-9-17-27,28-18-10-4-11-19-28)29-20-12-5-13-21-29;/h2-22H,23-24H2,1H3;1H/q+1;/p-1. The molecule has 0 radical (unpaired) electrons. The summed E-state index contributed by atoms with van der Waals surface area (Å²) in [7, 11) is -2.06. The highest BCUT2D eigenvalue weighted by atomic mass is 79.9. The molecule has 0 fully saturated rings. The summed E-state index contributed by atoms with van der Waals surface area (Å²) in [5, 5.41) is 4.09. The molecule has 0 spiro atoms. The van der Waals surface area contributed by atoms with E-state index in [1.54, 1.807) is 0 Å². The SMILES string of the molecule is CC1=NC(C[P+](c2ccccc2)(c2ccccc2)c2ccccc2)(SCc2ccccc2)N=C1.[Br-]. The number of aliphatic imine (C=N–C) groups is 2. The van der Waals surface area contributed by atoms with E-state index in [0.29, 0.717) is 0 Å². The molecular formula is C30H28BrN2PS. The van der Waals surface area contributed by atoms with Gasteiger partial charge in [-0.2, -0.15) is 0 Å². The average molecular weight is 560 g/mol. The van der Waals surface area contributed by atoms with Gasteiger partial charge in [0.2, 0.25) is 4.99 Å². The van der Waals surface area contributed by atoms with Crippen molar-refractivity contribution in [3.05, 3.63) is 127 Å². The van der Waals surface area contributed by atoms with Gasteiger partial charge in [0, 0.05) is 12.0 Å². The maximum absolute atomic E-state index is 5.18. The lowest BCUT2D eigenvalue weighted by atomic mass is 10.2. The second-order valence-corrected chi connectivity index (χ2v) is 13.2. The fraction of sp³-hybridized carbons (Fsp3) is 0.133. The van der Waals surface area contributed by atoms with Crippen LogP contribution in [0.1, 0.15) is 12.5 Å². The molecule has 0 bridgehead atoms. The summed E-state index contributed by atoms with van der Waals surface area (Å²) in [6, 6.07) is 43.6. The predicted molar refractivity (Wildman–Crippen MR) is 152 cm³/mol. The topological polar surface area (TPSA) is 24.7 Å². The van der Waals surface area contributed by atoms with Crippen molar-refractivity contribution in [2.45, 2.75) is 17.7 Å². The number of benzene rings is 4. The van der Waals surface area contributed by atoms with Gasteiger partial charge in [-0.05, 0) is 48.9 Å². The predicted octanol–water partition coefficient (Wildman–Crippen LogP) is 3.12. The van der Waals surface area contributed by atoms with Gasteiger partial charge in [0.05, 0.1) is 5.71 Å². The van der Waals surface area contributed by atoms with E-state index in [4.69, 9.17) is 9.98 Å². The summed E-state index contributed by atoms with van der Waals surface area (Å²) >= 11 is 1.84. The smallest absolute Gasteiger partial charge is 0.232 e. The van der Waals surface area contributed by atoms with Crippen LogP contribution in [0.5, 0.6) is 0 Å². The maximum Gasteiger partial charge on any atom is 0.232 e. The Morgan fingerprint density at radius 1 is 0.657 bits per heavy atom.